The highest BCUT2D eigenvalue weighted by Gasteiger charge is 2.02. The maximum Gasteiger partial charge on any atom is 0.303 e. The highest BCUT2D eigenvalue weighted by Crippen LogP contribution is 2.09. The molecule has 0 aliphatic heterocycles. The average molecular weight is 142 g/mol. The quantitative estimate of drug-likeness (QED) is 0.596. The van der Waals surface area contributed by atoms with Crippen LogP contribution in [-0.4, -0.2) is 11.1 Å². The van der Waals surface area contributed by atoms with Crippen LogP contribution in [0.1, 0.15) is 26.2 Å². The van der Waals surface area contributed by atoms with E-state index in [9.17, 15) is 4.79 Å². The average Bonchev–Trinajstić information content (AvgIpc) is 1.85. The van der Waals surface area contributed by atoms with Gasteiger partial charge in [0.1, 0.15) is 0 Å². The van der Waals surface area contributed by atoms with Crippen LogP contribution in [0, 0.1) is 5.92 Å². The first-order valence-corrected chi connectivity index (χ1v) is 3.49. The molecule has 0 radical (unpaired) electrons. The van der Waals surface area contributed by atoms with Crippen molar-refractivity contribution >= 4 is 5.97 Å². The lowest BCUT2D eigenvalue weighted by Gasteiger charge is -2.04. The van der Waals surface area contributed by atoms with Crippen LogP contribution in [0.4, 0.5) is 0 Å². The zero-order chi connectivity index (χ0) is 7.98. The summed E-state index contributed by atoms with van der Waals surface area (Å²) in [6, 6.07) is 0. The Morgan fingerprint density at radius 1 is 1.80 bits per heavy atom. The second-order valence-corrected chi connectivity index (χ2v) is 2.56. The van der Waals surface area contributed by atoms with Crippen LogP contribution < -0.4 is 0 Å². The van der Waals surface area contributed by atoms with Crippen LogP contribution in [0.2, 0.25) is 0 Å². The van der Waals surface area contributed by atoms with Gasteiger partial charge >= 0.3 is 5.97 Å². The van der Waals surface area contributed by atoms with E-state index in [-0.39, 0.29) is 6.42 Å². The molecule has 10 heavy (non-hydrogen) atoms. The van der Waals surface area contributed by atoms with Crippen molar-refractivity contribution in [2.24, 2.45) is 5.92 Å². The van der Waals surface area contributed by atoms with E-state index < -0.39 is 5.97 Å². The topological polar surface area (TPSA) is 37.3 Å². The molecule has 0 rings (SSSR count). The minimum Gasteiger partial charge on any atom is -0.481 e. The number of carbonyl (C=O) groups is 1. The molecule has 0 aliphatic rings. The van der Waals surface area contributed by atoms with Crippen molar-refractivity contribution in [1.82, 2.24) is 0 Å². The Hall–Kier alpha value is -0.790. The molecule has 0 spiro atoms. The molecule has 0 fully saturated rings. The highest BCUT2D eigenvalue weighted by molar-refractivity contribution is 5.66. The lowest BCUT2D eigenvalue weighted by molar-refractivity contribution is -0.137. The Morgan fingerprint density at radius 3 is 2.80 bits per heavy atom. The molecule has 0 aromatic carbocycles. The molecule has 2 heteroatoms. The third-order valence-corrected chi connectivity index (χ3v) is 1.42. The Bertz CT molecular complexity index is 118. The predicted octanol–water partition coefficient (Wildman–Crippen LogP) is 2.06. The summed E-state index contributed by atoms with van der Waals surface area (Å²) < 4.78 is 0. The van der Waals surface area contributed by atoms with Gasteiger partial charge in [0.25, 0.3) is 0 Å². The number of hydrogen-bond donors (Lipinski definition) is 1. The Kier molecular flexibility index (Phi) is 4.63. The normalized spacial score (nSPS) is 12.5. The Morgan fingerprint density at radius 2 is 2.40 bits per heavy atom. The van der Waals surface area contributed by atoms with Gasteiger partial charge in [0.15, 0.2) is 0 Å². The molecule has 1 N–H and O–H groups in total. The fourth-order valence-corrected chi connectivity index (χ4v) is 0.772. The van der Waals surface area contributed by atoms with E-state index in [1.807, 2.05) is 13.0 Å². The van der Waals surface area contributed by atoms with Gasteiger partial charge in [-0.05, 0) is 18.8 Å². The van der Waals surface area contributed by atoms with Crippen LogP contribution in [0.25, 0.3) is 0 Å². The number of carboxylic acids is 1. The van der Waals surface area contributed by atoms with Crippen molar-refractivity contribution in [3.63, 3.8) is 0 Å². The summed E-state index contributed by atoms with van der Waals surface area (Å²) in [4.78, 5) is 10.1. The number of rotatable bonds is 5. The first-order valence-electron chi connectivity index (χ1n) is 3.49. The SMILES string of the molecule is C=CCC(C)CCC(=O)O. The number of hydrogen-bond acceptors (Lipinski definition) is 1. The van der Waals surface area contributed by atoms with Crippen molar-refractivity contribution in [3.05, 3.63) is 12.7 Å². The predicted molar refractivity (Wildman–Crippen MR) is 40.8 cm³/mol. The van der Waals surface area contributed by atoms with Gasteiger partial charge in [-0.1, -0.05) is 13.0 Å². The minimum absolute atomic E-state index is 0.273. The van der Waals surface area contributed by atoms with Gasteiger partial charge in [0.2, 0.25) is 0 Å². The van der Waals surface area contributed by atoms with Crippen LogP contribution in [0.5, 0.6) is 0 Å². The maximum absolute atomic E-state index is 10.1. The summed E-state index contributed by atoms with van der Waals surface area (Å²) in [5.41, 5.74) is 0. The van der Waals surface area contributed by atoms with Crippen molar-refractivity contribution in [2.45, 2.75) is 26.2 Å². The van der Waals surface area contributed by atoms with Crippen LogP contribution in [-0.2, 0) is 4.79 Å². The molecule has 0 saturated carbocycles. The second-order valence-electron chi connectivity index (χ2n) is 2.56. The van der Waals surface area contributed by atoms with E-state index in [1.165, 1.54) is 0 Å². The van der Waals surface area contributed by atoms with E-state index in [0.29, 0.717) is 5.92 Å². The first-order chi connectivity index (χ1) is 4.66. The molecule has 0 amide bonds. The summed E-state index contributed by atoms with van der Waals surface area (Å²) in [5.74, 6) is -0.260. The van der Waals surface area contributed by atoms with Gasteiger partial charge in [-0.15, -0.1) is 6.58 Å². The maximum atomic E-state index is 10.1. The van der Waals surface area contributed by atoms with Crippen molar-refractivity contribution in [1.29, 1.82) is 0 Å². The molecule has 0 aliphatic carbocycles. The Labute approximate surface area is 61.6 Å². The lowest BCUT2D eigenvalue weighted by atomic mass is 10.0. The highest BCUT2D eigenvalue weighted by atomic mass is 16.4. The monoisotopic (exact) mass is 142 g/mol. The van der Waals surface area contributed by atoms with Gasteiger partial charge in [-0.25, -0.2) is 0 Å². The van der Waals surface area contributed by atoms with E-state index in [0.717, 1.165) is 12.8 Å². The van der Waals surface area contributed by atoms with Gasteiger partial charge in [-0.3, -0.25) is 4.79 Å². The molecule has 0 heterocycles. The third kappa shape index (κ3) is 5.35. The zero-order valence-electron chi connectivity index (χ0n) is 6.34. The van der Waals surface area contributed by atoms with E-state index in [4.69, 9.17) is 5.11 Å². The van der Waals surface area contributed by atoms with Crippen molar-refractivity contribution in [2.75, 3.05) is 0 Å². The van der Waals surface area contributed by atoms with E-state index >= 15 is 0 Å². The number of carboxylic acid groups (broad SMARTS) is 1. The van der Waals surface area contributed by atoms with E-state index in [1.54, 1.807) is 0 Å². The molecule has 1 atom stereocenters. The largest absolute Gasteiger partial charge is 0.481 e. The zero-order valence-corrected chi connectivity index (χ0v) is 6.34. The van der Waals surface area contributed by atoms with Gasteiger partial charge < -0.3 is 5.11 Å². The smallest absolute Gasteiger partial charge is 0.303 e. The summed E-state index contributed by atoms with van der Waals surface area (Å²) in [6.07, 6.45) is 3.76. The van der Waals surface area contributed by atoms with Gasteiger partial charge in [-0.2, -0.15) is 0 Å². The molecular weight excluding hydrogens is 128 g/mol. The van der Waals surface area contributed by atoms with Crippen LogP contribution in [0.15, 0.2) is 12.7 Å². The van der Waals surface area contributed by atoms with Crippen molar-refractivity contribution < 1.29 is 9.90 Å². The molecule has 2 nitrogen and oxygen atoms in total. The molecule has 0 aromatic heterocycles. The summed E-state index contributed by atoms with van der Waals surface area (Å²) in [5, 5.41) is 8.30. The van der Waals surface area contributed by atoms with Crippen LogP contribution >= 0.6 is 0 Å². The molecule has 1 unspecified atom stereocenters. The fraction of sp³-hybridized carbons (Fsp3) is 0.625. The Balaban J connectivity index is 3.29. The molecule has 0 bridgehead atoms. The standard InChI is InChI=1S/C8H14O2/c1-3-4-7(2)5-6-8(9)10/h3,7H,1,4-6H2,2H3,(H,9,10). The van der Waals surface area contributed by atoms with Gasteiger partial charge in [0, 0.05) is 6.42 Å². The summed E-state index contributed by atoms with van der Waals surface area (Å²) >= 11 is 0. The third-order valence-electron chi connectivity index (χ3n) is 1.42. The lowest BCUT2D eigenvalue weighted by Crippen LogP contribution is -1.99. The summed E-state index contributed by atoms with van der Waals surface area (Å²) in [7, 11) is 0. The van der Waals surface area contributed by atoms with E-state index in [2.05, 4.69) is 6.58 Å². The number of allylic oxidation sites excluding steroid dienone is 1. The van der Waals surface area contributed by atoms with Crippen molar-refractivity contribution in [3.8, 4) is 0 Å². The fourth-order valence-electron chi connectivity index (χ4n) is 0.772. The molecule has 58 valence electrons. The number of aliphatic carboxylic acids is 1. The second kappa shape index (κ2) is 5.03. The summed E-state index contributed by atoms with van der Waals surface area (Å²) in [6.45, 7) is 5.61. The molecule has 0 saturated heterocycles. The van der Waals surface area contributed by atoms with Crippen LogP contribution in [0.3, 0.4) is 0 Å². The van der Waals surface area contributed by atoms with Gasteiger partial charge in [0.05, 0.1) is 0 Å². The first kappa shape index (κ1) is 9.21. The minimum atomic E-state index is -0.712. The molecular formula is C8H14O2. The molecule has 0 aromatic rings.